The maximum Gasteiger partial charge on any atom is 0.0558 e. The molecule has 0 amide bonds. The zero-order chi connectivity index (χ0) is 9.56. The zero-order valence-corrected chi connectivity index (χ0v) is 8.08. The summed E-state index contributed by atoms with van der Waals surface area (Å²) in [6.45, 7) is 10.2. The summed E-state index contributed by atoms with van der Waals surface area (Å²) in [5.74, 6) is 0. The lowest BCUT2D eigenvalue weighted by atomic mass is 10.2. The molecule has 0 unspecified atom stereocenters. The Morgan fingerprint density at radius 2 is 2.17 bits per heavy atom. The van der Waals surface area contributed by atoms with Gasteiger partial charge in [0.25, 0.3) is 0 Å². The van der Waals surface area contributed by atoms with E-state index in [4.69, 9.17) is 10.8 Å². The van der Waals surface area contributed by atoms with Crippen LogP contribution in [0.5, 0.6) is 0 Å². The first-order chi connectivity index (χ1) is 5.61. The van der Waals surface area contributed by atoms with Crippen molar-refractivity contribution in [1.29, 1.82) is 0 Å². The fourth-order valence-corrected chi connectivity index (χ4v) is 1.00. The molecule has 0 rings (SSSR count). The lowest BCUT2D eigenvalue weighted by Crippen LogP contribution is -2.36. The minimum absolute atomic E-state index is 0.191. The predicted molar refractivity (Wildman–Crippen MR) is 52.0 cm³/mol. The summed E-state index contributed by atoms with van der Waals surface area (Å²) in [5, 5.41) is 8.77. The second-order valence-electron chi connectivity index (χ2n) is 3.24. The van der Waals surface area contributed by atoms with E-state index in [-0.39, 0.29) is 6.61 Å². The minimum atomic E-state index is 0.191. The Labute approximate surface area is 74.9 Å². The van der Waals surface area contributed by atoms with E-state index in [1.807, 2.05) is 0 Å². The third-order valence-corrected chi connectivity index (χ3v) is 1.83. The molecule has 0 radical (unpaired) electrons. The van der Waals surface area contributed by atoms with Crippen LogP contribution >= 0.6 is 0 Å². The fraction of sp³-hybridized carbons (Fsp3) is 0.778. The van der Waals surface area contributed by atoms with Crippen molar-refractivity contribution >= 4 is 0 Å². The molecule has 0 aliphatic heterocycles. The van der Waals surface area contributed by atoms with Gasteiger partial charge in [0.2, 0.25) is 0 Å². The minimum Gasteiger partial charge on any atom is -0.395 e. The Morgan fingerprint density at radius 3 is 2.50 bits per heavy atom. The van der Waals surface area contributed by atoms with Crippen molar-refractivity contribution in [3.8, 4) is 0 Å². The molecule has 0 saturated carbocycles. The van der Waals surface area contributed by atoms with E-state index in [0.29, 0.717) is 19.1 Å². The molecule has 0 aromatic rings. The lowest BCUT2D eigenvalue weighted by Gasteiger charge is -2.25. The standard InChI is InChI=1S/C9H20N2O/c1-8(2)11(4-5-12)7-9(3)6-10/h8,12H,3-7,10H2,1-2H3. The van der Waals surface area contributed by atoms with Gasteiger partial charge in [0, 0.05) is 25.7 Å². The molecule has 0 saturated heterocycles. The summed E-state index contributed by atoms with van der Waals surface area (Å²) >= 11 is 0. The van der Waals surface area contributed by atoms with Crippen LogP contribution in [-0.4, -0.2) is 42.3 Å². The van der Waals surface area contributed by atoms with E-state index in [9.17, 15) is 0 Å². The van der Waals surface area contributed by atoms with E-state index in [1.165, 1.54) is 0 Å². The third-order valence-electron chi connectivity index (χ3n) is 1.83. The molecule has 12 heavy (non-hydrogen) atoms. The fourth-order valence-electron chi connectivity index (χ4n) is 1.00. The van der Waals surface area contributed by atoms with Crippen molar-refractivity contribution in [2.45, 2.75) is 19.9 Å². The molecule has 0 aliphatic carbocycles. The van der Waals surface area contributed by atoms with E-state index < -0.39 is 0 Å². The van der Waals surface area contributed by atoms with Crippen LogP contribution in [0.25, 0.3) is 0 Å². The second-order valence-corrected chi connectivity index (χ2v) is 3.24. The number of aliphatic hydroxyl groups is 1. The van der Waals surface area contributed by atoms with E-state index in [2.05, 4.69) is 25.3 Å². The molecule has 0 bridgehead atoms. The SMILES string of the molecule is C=C(CN)CN(CCO)C(C)C. The van der Waals surface area contributed by atoms with Gasteiger partial charge < -0.3 is 10.8 Å². The number of nitrogens with two attached hydrogens (primary N) is 1. The molecule has 3 nitrogen and oxygen atoms in total. The molecule has 0 aromatic heterocycles. The Balaban J connectivity index is 3.86. The average molecular weight is 172 g/mol. The van der Waals surface area contributed by atoms with Gasteiger partial charge in [-0.05, 0) is 19.4 Å². The number of aliphatic hydroxyl groups excluding tert-OH is 1. The molecule has 3 N–H and O–H groups in total. The smallest absolute Gasteiger partial charge is 0.0558 e. The first kappa shape index (κ1) is 11.6. The highest BCUT2D eigenvalue weighted by atomic mass is 16.3. The number of hydrogen-bond acceptors (Lipinski definition) is 3. The van der Waals surface area contributed by atoms with Crippen molar-refractivity contribution in [3.05, 3.63) is 12.2 Å². The van der Waals surface area contributed by atoms with Crippen LogP contribution in [-0.2, 0) is 0 Å². The largest absolute Gasteiger partial charge is 0.395 e. The summed E-state index contributed by atoms with van der Waals surface area (Å²) < 4.78 is 0. The quantitative estimate of drug-likeness (QED) is 0.563. The molecule has 0 spiro atoms. The maximum atomic E-state index is 8.77. The lowest BCUT2D eigenvalue weighted by molar-refractivity contribution is 0.177. The average Bonchev–Trinajstić information content (AvgIpc) is 2.03. The highest BCUT2D eigenvalue weighted by Crippen LogP contribution is 2.00. The van der Waals surface area contributed by atoms with E-state index >= 15 is 0 Å². The van der Waals surface area contributed by atoms with Crippen LogP contribution in [0.1, 0.15) is 13.8 Å². The van der Waals surface area contributed by atoms with Crippen LogP contribution in [0.2, 0.25) is 0 Å². The monoisotopic (exact) mass is 172 g/mol. The van der Waals surface area contributed by atoms with E-state index in [1.54, 1.807) is 0 Å². The van der Waals surface area contributed by atoms with Gasteiger partial charge in [-0.25, -0.2) is 0 Å². The second kappa shape index (κ2) is 6.17. The van der Waals surface area contributed by atoms with Crippen molar-refractivity contribution in [2.24, 2.45) is 5.73 Å². The van der Waals surface area contributed by atoms with Gasteiger partial charge in [0.1, 0.15) is 0 Å². The highest BCUT2D eigenvalue weighted by Gasteiger charge is 2.08. The summed E-state index contributed by atoms with van der Waals surface area (Å²) in [6, 6.07) is 0.431. The van der Waals surface area contributed by atoms with Gasteiger partial charge in [0.05, 0.1) is 6.61 Å². The highest BCUT2D eigenvalue weighted by molar-refractivity contribution is 4.99. The van der Waals surface area contributed by atoms with Crippen LogP contribution in [0, 0.1) is 0 Å². The van der Waals surface area contributed by atoms with Gasteiger partial charge in [-0.1, -0.05) is 6.58 Å². The molecule has 0 heterocycles. The molecule has 0 aromatic carbocycles. The molecule has 0 aliphatic rings. The Kier molecular flexibility index (Phi) is 5.98. The van der Waals surface area contributed by atoms with Crippen molar-refractivity contribution < 1.29 is 5.11 Å². The van der Waals surface area contributed by atoms with Crippen LogP contribution < -0.4 is 5.73 Å². The Morgan fingerprint density at radius 1 is 1.58 bits per heavy atom. The Hall–Kier alpha value is -0.380. The molecule has 0 atom stereocenters. The zero-order valence-electron chi connectivity index (χ0n) is 8.08. The van der Waals surface area contributed by atoms with Crippen molar-refractivity contribution in [2.75, 3.05) is 26.2 Å². The summed E-state index contributed by atoms with van der Waals surface area (Å²) in [7, 11) is 0. The molecular weight excluding hydrogens is 152 g/mol. The van der Waals surface area contributed by atoms with Gasteiger partial charge in [-0.3, -0.25) is 4.90 Å². The number of nitrogens with zero attached hydrogens (tertiary/aromatic N) is 1. The molecular formula is C9H20N2O. The number of hydrogen-bond donors (Lipinski definition) is 2. The Bertz CT molecular complexity index is 134. The molecule has 72 valence electrons. The van der Waals surface area contributed by atoms with Gasteiger partial charge in [-0.15, -0.1) is 0 Å². The first-order valence-corrected chi connectivity index (χ1v) is 4.33. The third kappa shape index (κ3) is 4.49. The predicted octanol–water partition coefficient (Wildman–Crippen LogP) is 0.204. The van der Waals surface area contributed by atoms with Crippen LogP contribution in [0.3, 0.4) is 0 Å². The normalized spacial score (nSPS) is 11.2. The van der Waals surface area contributed by atoms with Crippen molar-refractivity contribution in [3.63, 3.8) is 0 Å². The van der Waals surface area contributed by atoms with Gasteiger partial charge in [-0.2, -0.15) is 0 Å². The maximum absolute atomic E-state index is 8.77. The topological polar surface area (TPSA) is 49.5 Å². The summed E-state index contributed by atoms with van der Waals surface area (Å²) in [6.07, 6.45) is 0. The van der Waals surface area contributed by atoms with Gasteiger partial charge >= 0.3 is 0 Å². The number of rotatable bonds is 6. The van der Waals surface area contributed by atoms with E-state index in [0.717, 1.165) is 12.1 Å². The van der Waals surface area contributed by atoms with Gasteiger partial charge in [0.15, 0.2) is 0 Å². The summed E-state index contributed by atoms with van der Waals surface area (Å²) in [5.41, 5.74) is 6.44. The van der Waals surface area contributed by atoms with Crippen LogP contribution in [0.15, 0.2) is 12.2 Å². The summed E-state index contributed by atoms with van der Waals surface area (Å²) in [4.78, 5) is 2.15. The first-order valence-electron chi connectivity index (χ1n) is 4.33. The van der Waals surface area contributed by atoms with Crippen molar-refractivity contribution in [1.82, 2.24) is 4.90 Å². The van der Waals surface area contributed by atoms with Crippen LogP contribution in [0.4, 0.5) is 0 Å². The molecule has 0 fully saturated rings. The molecule has 3 heteroatoms.